The molecule has 2 aliphatic rings. The predicted molar refractivity (Wildman–Crippen MR) is 77.9 cm³/mol. The third-order valence-corrected chi connectivity index (χ3v) is 6.04. The highest BCUT2D eigenvalue weighted by Gasteiger charge is 2.64. The number of amides is 2. The van der Waals surface area contributed by atoms with Crippen molar-refractivity contribution in [1.82, 2.24) is 10.6 Å². The van der Waals surface area contributed by atoms with Crippen LogP contribution in [0.5, 0.6) is 0 Å². The molecule has 1 aliphatic heterocycles. The van der Waals surface area contributed by atoms with E-state index < -0.39 is 17.4 Å². The lowest BCUT2D eigenvalue weighted by Crippen LogP contribution is -2.52. The third kappa shape index (κ3) is 2.50. The summed E-state index contributed by atoms with van der Waals surface area (Å²) in [5.41, 5.74) is -0.631. The highest BCUT2D eigenvalue weighted by atomic mass is 16.5. The first kappa shape index (κ1) is 16.1. The van der Waals surface area contributed by atoms with Crippen LogP contribution in [0.2, 0.25) is 0 Å². The second-order valence-corrected chi connectivity index (χ2v) is 7.64. The number of hydrogen-bond donors (Lipinski definition) is 3. The van der Waals surface area contributed by atoms with E-state index in [0.717, 1.165) is 0 Å². The van der Waals surface area contributed by atoms with Gasteiger partial charge in [-0.25, -0.2) is 4.79 Å². The van der Waals surface area contributed by atoms with Gasteiger partial charge in [0.1, 0.15) is 5.41 Å². The molecule has 21 heavy (non-hydrogen) atoms. The number of carboxylic acid groups (broad SMARTS) is 1. The molecule has 0 bridgehead atoms. The Bertz CT molecular complexity index is 447. The normalized spacial score (nSPS) is 33.5. The largest absolute Gasteiger partial charge is 0.481 e. The summed E-state index contributed by atoms with van der Waals surface area (Å²) < 4.78 is 5.22. The van der Waals surface area contributed by atoms with Crippen LogP contribution in [0.1, 0.15) is 34.6 Å². The highest BCUT2D eigenvalue weighted by Crippen LogP contribution is 2.67. The van der Waals surface area contributed by atoms with Gasteiger partial charge in [-0.3, -0.25) is 4.79 Å². The number of carbonyl (C=O) groups is 2. The number of carbonyl (C=O) groups excluding carboxylic acids is 1. The molecule has 0 aromatic rings. The van der Waals surface area contributed by atoms with Crippen LogP contribution in [0.4, 0.5) is 4.79 Å². The smallest absolute Gasteiger partial charge is 0.315 e. The number of carboxylic acids is 1. The van der Waals surface area contributed by atoms with Gasteiger partial charge in [0.05, 0.1) is 19.3 Å². The molecule has 1 heterocycles. The van der Waals surface area contributed by atoms with Crippen LogP contribution in [-0.2, 0) is 9.53 Å². The van der Waals surface area contributed by atoms with Crippen molar-refractivity contribution in [2.75, 3.05) is 19.8 Å². The molecule has 1 aliphatic carbocycles. The molecule has 2 amide bonds. The molecular formula is C15H26N2O4. The molecule has 3 N–H and O–H groups in total. The van der Waals surface area contributed by atoms with E-state index in [-0.39, 0.29) is 30.1 Å². The van der Waals surface area contributed by atoms with Crippen LogP contribution < -0.4 is 10.6 Å². The quantitative estimate of drug-likeness (QED) is 0.733. The predicted octanol–water partition coefficient (Wildman–Crippen LogP) is 1.46. The minimum absolute atomic E-state index is 0.121. The third-order valence-electron chi connectivity index (χ3n) is 6.04. The minimum atomic E-state index is -1.06. The van der Waals surface area contributed by atoms with Gasteiger partial charge in [0.25, 0.3) is 0 Å². The lowest BCUT2D eigenvalue weighted by Gasteiger charge is -2.25. The lowest BCUT2D eigenvalue weighted by atomic mass is 9.85. The molecule has 0 radical (unpaired) electrons. The van der Waals surface area contributed by atoms with Crippen LogP contribution in [-0.4, -0.2) is 42.9 Å². The number of ether oxygens (including phenoxy) is 1. The summed E-state index contributed by atoms with van der Waals surface area (Å²) in [5, 5.41) is 14.9. The Hall–Kier alpha value is -1.30. The van der Waals surface area contributed by atoms with Gasteiger partial charge in [-0.05, 0) is 23.7 Å². The van der Waals surface area contributed by atoms with Crippen molar-refractivity contribution in [3.8, 4) is 0 Å². The van der Waals surface area contributed by atoms with Crippen molar-refractivity contribution in [1.29, 1.82) is 0 Å². The van der Waals surface area contributed by atoms with E-state index in [4.69, 9.17) is 4.74 Å². The van der Waals surface area contributed by atoms with E-state index in [2.05, 4.69) is 38.3 Å². The van der Waals surface area contributed by atoms with Crippen LogP contribution in [0, 0.1) is 22.2 Å². The Balaban J connectivity index is 1.85. The van der Waals surface area contributed by atoms with E-state index in [0.29, 0.717) is 12.5 Å². The standard InChI is InChI=1S/C15H26N2O4/c1-13(2)9(14(13,3)4)6-16-12(20)17-10-7-21-8-15(10,5)11(18)19/h9-10H,6-8H2,1-5H3,(H,18,19)(H2,16,17,20). The minimum Gasteiger partial charge on any atom is -0.481 e. The molecule has 2 rings (SSSR count). The second-order valence-electron chi connectivity index (χ2n) is 7.64. The van der Waals surface area contributed by atoms with Gasteiger partial charge in [0.15, 0.2) is 0 Å². The summed E-state index contributed by atoms with van der Waals surface area (Å²) in [4.78, 5) is 23.3. The van der Waals surface area contributed by atoms with Gasteiger partial charge >= 0.3 is 12.0 Å². The van der Waals surface area contributed by atoms with Gasteiger partial charge in [0, 0.05) is 6.54 Å². The van der Waals surface area contributed by atoms with Gasteiger partial charge in [-0.2, -0.15) is 0 Å². The molecule has 0 aromatic carbocycles. The number of aliphatic carboxylic acids is 1. The first-order valence-corrected chi connectivity index (χ1v) is 7.39. The molecule has 2 atom stereocenters. The van der Waals surface area contributed by atoms with E-state index in [1.807, 2.05) is 0 Å². The van der Waals surface area contributed by atoms with E-state index in [9.17, 15) is 14.7 Å². The van der Waals surface area contributed by atoms with Crippen LogP contribution in [0.25, 0.3) is 0 Å². The maximum atomic E-state index is 12.0. The maximum Gasteiger partial charge on any atom is 0.315 e. The van der Waals surface area contributed by atoms with Crippen LogP contribution in [0.3, 0.4) is 0 Å². The first-order valence-electron chi connectivity index (χ1n) is 7.39. The lowest BCUT2D eigenvalue weighted by molar-refractivity contribution is -0.148. The van der Waals surface area contributed by atoms with Gasteiger partial charge in [0.2, 0.25) is 0 Å². The molecule has 1 saturated heterocycles. The maximum absolute atomic E-state index is 12.0. The summed E-state index contributed by atoms with van der Waals surface area (Å²) in [6.45, 7) is 11.3. The van der Waals surface area contributed by atoms with E-state index in [1.54, 1.807) is 6.92 Å². The van der Waals surface area contributed by atoms with E-state index in [1.165, 1.54) is 0 Å². The van der Waals surface area contributed by atoms with Crippen molar-refractivity contribution < 1.29 is 19.4 Å². The zero-order valence-electron chi connectivity index (χ0n) is 13.4. The van der Waals surface area contributed by atoms with Crippen molar-refractivity contribution >= 4 is 12.0 Å². The van der Waals surface area contributed by atoms with Crippen molar-refractivity contribution in [2.45, 2.75) is 40.7 Å². The van der Waals surface area contributed by atoms with Gasteiger partial charge in [-0.1, -0.05) is 27.7 Å². The van der Waals surface area contributed by atoms with Crippen molar-refractivity contribution in [2.24, 2.45) is 22.2 Å². The summed E-state index contributed by atoms with van der Waals surface area (Å²) in [6, 6.07) is -0.827. The van der Waals surface area contributed by atoms with E-state index >= 15 is 0 Å². The molecule has 2 unspecified atom stereocenters. The molecule has 0 aromatic heterocycles. The Morgan fingerprint density at radius 2 is 1.76 bits per heavy atom. The van der Waals surface area contributed by atoms with Crippen LogP contribution in [0.15, 0.2) is 0 Å². The average Bonchev–Trinajstić information content (AvgIpc) is 2.63. The molecular weight excluding hydrogens is 272 g/mol. The first-order chi connectivity index (χ1) is 9.53. The molecule has 6 heteroatoms. The Labute approximate surface area is 125 Å². The average molecular weight is 298 g/mol. The van der Waals surface area contributed by atoms with Crippen LogP contribution >= 0.6 is 0 Å². The summed E-state index contributed by atoms with van der Waals surface area (Å²) >= 11 is 0. The Kier molecular flexibility index (Phi) is 3.72. The Morgan fingerprint density at radius 1 is 1.19 bits per heavy atom. The van der Waals surface area contributed by atoms with Crippen molar-refractivity contribution in [3.05, 3.63) is 0 Å². The molecule has 6 nitrogen and oxygen atoms in total. The highest BCUT2D eigenvalue weighted by molar-refractivity contribution is 5.79. The molecule has 1 saturated carbocycles. The number of urea groups is 1. The molecule has 120 valence electrons. The monoisotopic (exact) mass is 298 g/mol. The summed E-state index contributed by atoms with van der Waals surface area (Å²) in [6.07, 6.45) is 0. The van der Waals surface area contributed by atoms with Crippen molar-refractivity contribution in [3.63, 3.8) is 0 Å². The summed E-state index contributed by atoms with van der Waals surface area (Å²) in [5.74, 6) is -0.517. The number of nitrogens with one attached hydrogen (secondary N) is 2. The SMILES string of the molecule is CC1(C(=O)O)COCC1NC(=O)NCC1C(C)(C)C1(C)C. The fraction of sp³-hybridized carbons (Fsp3) is 0.867. The molecule has 0 spiro atoms. The number of hydrogen-bond acceptors (Lipinski definition) is 3. The molecule has 2 fully saturated rings. The zero-order chi connectivity index (χ0) is 16.1. The fourth-order valence-corrected chi connectivity index (χ4v) is 3.33. The van der Waals surface area contributed by atoms with Gasteiger partial charge < -0.3 is 20.5 Å². The number of rotatable bonds is 4. The van der Waals surface area contributed by atoms with Gasteiger partial charge in [-0.15, -0.1) is 0 Å². The Morgan fingerprint density at radius 3 is 2.24 bits per heavy atom. The fourth-order valence-electron chi connectivity index (χ4n) is 3.33. The summed E-state index contributed by atoms with van der Waals surface area (Å²) in [7, 11) is 0. The zero-order valence-corrected chi connectivity index (χ0v) is 13.4. The topological polar surface area (TPSA) is 87.7 Å². The second kappa shape index (κ2) is 4.87.